The summed E-state index contributed by atoms with van der Waals surface area (Å²) in [5, 5.41) is 20.8. The molecule has 9 heteroatoms. The summed E-state index contributed by atoms with van der Waals surface area (Å²) in [7, 11) is 0. The number of hydrogen-bond acceptors (Lipinski definition) is 5. The molecule has 0 unspecified atom stereocenters. The number of fused-ring (bicyclic) bond motifs is 1. The van der Waals surface area contributed by atoms with Gasteiger partial charge in [0.15, 0.2) is 11.2 Å². The molecule has 0 fully saturated rings. The molecule has 0 saturated heterocycles. The van der Waals surface area contributed by atoms with Gasteiger partial charge >= 0.3 is 5.69 Å². The zero-order chi connectivity index (χ0) is 11.9. The van der Waals surface area contributed by atoms with Crippen LogP contribution in [0, 0.1) is 15.5 Å². The molecule has 2 rings (SSSR count). The van der Waals surface area contributed by atoms with E-state index < -0.39 is 21.9 Å². The Hall–Kier alpha value is -2.09. The van der Waals surface area contributed by atoms with Crippen LogP contribution in [0.1, 0.15) is 10.4 Å². The Morgan fingerprint density at radius 3 is 2.82 bits per heavy atom. The van der Waals surface area contributed by atoms with Gasteiger partial charge in [0.1, 0.15) is 0 Å². The number of amides is 1. The molecule has 1 aliphatic rings. The van der Waals surface area contributed by atoms with Gasteiger partial charge in [-0.2, -0.15) is 0 Å². The largest absolute Gasteiger partial charge is 0.365 e. The Bertz CT molecular complexity index is 553. The first-order chi connectivity index (χ1) is 7.52. The van der Waals surface area contributed by atoms with Gasteiger partial charge in [0.2, 0.25) is 0 Å². The summed E-state index contributed by atoms with van der Waals surface area (Å²) < 4.78 is 1.52. The van der Waals surface area contributed by atoms with Crippen LogP contribution in [0.25, 0.3) is 0 Å². The summed E-state index contributed by atoms with van der Waals surface area (Å²) >= 11 is 0. The van der Waals surface area contributed by atoms with E-state index >= 15 is 0 Å². The highest BCUT2D eigenvalue weighted by atomic mass is 35.5. The van der Waals surface area contributed by atoms with Crippen molar-refractivity contribution in [3.8, 4) is 0 Å². The van der Waals surface area contributed by atoms with E-state index in [0.717, 1.165) is 0 Å². The lowest BCUT2D eigenvalue weighted by Gasteiger charge is -2.06. The van der Waals surface area contributed by atoms with E-state index in [0.29, 0.717) is 13.1 Å². The first-order valence-corrected chi connectivity index (χ1v) is 4.52. The molecule has 0 aromatic carbocycles. The molecular weight excluding hydrogens is 250 g/mol. The second kappa shape index (κ2) is 4.42. The number of nitrogens with two attached hydrogens (primary N) is 1. The van der Waals surface area contributed by atoms with Crippen LogP contribution in [0.2, 0.25) is 0 Å². The van der Waals surface area contributed by atoms with Gasteiger partial charge < -0.3 is 15.6 Å². The van der Waals surface area contributed by atoms with Gasteiger partial charge in [0.25, 0.3) is 5.91 Å². The van der Waals surface area contributed by atoms with Crippen molar-refractivity contribution < 1.29 is 9.72 Å². The van der Waals surface area contributed by atoms with E-state index in [1.54, 1.807) is 0 Å². The number of carbonyl (C=O) groups is 1. The highest BCUT2D eigenvalue weighted by Gasteiger charge is 2.26. The number of primary amides is 1. The van der Waals surface area contributed by atoms with Crippen LogP contribution in [0.5, 0.6) is 0 Å². The van der Waals surface area contributed by atoms with Gasteiger partial charge in [-0.05, 0) is 0 Å². The molecule has 0 atom stereocenters. The normalized spacial score (nSPS) is 12.2. The lowest BCUT2D eigenvalue weighted by molar-refractivity contribution is -0.385. The minimum Gasteiger partial charge on any atom is -0.365 e. The quantitative estimate of drug-likeness (QED) is 0.503. The lowest BCUT2D eigenvalue weighted by Crippen LogP contribution is -2.25. The highest BCUT2D eigenvalue weighted by molar-refractivity contribution is 5.93. The average Bonchev–Trinajstić information content (AvgIpc) is 2.62. The van der Waals surface area contributed by atoms with Gasteiger partial charge in [0, 0.05) is 19.3 Å². The van der Waals surface area contributed by atoms with Crippen molar-refractivity contribution in [3.05, 3.63) is 27.2 Å². The van der Waals surface area contributed by atoms with Crippen molar-refractivity contribution in [1.82, 2.24) is 4.57 Å². The zero-order valence-corrected chi connectivity index (χ0v) is 9.41. The van der Waals surface area contributed by atoms with Gasteiger partial charge in [-0.15, -0.1) is 12.4 Å². The molecule has 0 spiro atoms. The number of nitrogens with one attached hydrogen (secondary N) is 2. The molecule has 0 radical (unpaired) electrons. The van der Waals surface area contributed by atoms with Crippen molar-refractivity contribution in [2.45, 2.75) is 6.54 Å². The van der Waals surface area contributed by atoms with E-state index in [-0.39, 0.29) is 23.8 Å². The number of carbonyl (C=O) groups excluding carboxylic acids is 1. The summed E-state index contributed by atoms with van der Waals surface area (Å²) in [6, 6.07) is 0. The first-order valence-electron chi connectivity index (χ1n) is 4.52. The number of rotatable bonds is 2. The fourth-order valence-corrected chi connectivity index (χ4v) is 1.69. The molecule has 1 aliphatic heterocycles. The van der Waals surface area contributed by atoms with Crippen LogP contribution in [0.3, 0.4) is 0 Å². The Labute approximate surface area is 101 Å². The molecule has 17 heavy (non-hydrogen) atoms. The van der Waals surface area contributed by atoms with E-state index in [1.807, 2.05) is 0 Å². The van der Waals surface area contributed by atoms with Crippen LogP contribution >= 0.6 is 12.4 Å². The maximum Gasteiger partial charge on any atom is 0.335 e. The summed E-state index contributed by atoms with van der Waals surface area (Å²) in [5.41, 5.74) is 4.51. The van der Waals surface area contributed by atoms with Crippen molar-refractivity contribution in [2.24, 2.45) is 5.73 Å². The maximum atomic E-state index is 11.0. The number of nitro groups is 1. The van der Waals surface area contributed by atoms with E-state index in [9.17, 15) is 14.9 Å². The Kier molecular flexibility index (Phi) is 3.37. The third-order valence-corrected chi connectivity index (χ3v) is 2.40. The number of anilines is 1. The molecule has 1 amide bonds. The summed E-state index contributed by atoms with van der Waals surface area (Å²) in [4.78, 5) is 21.2. The van der Waals surface area contributed by atoms with Crippen LogP contribution in [0.15, 0.2) is 6.20 Å². The second-order valence-corrected chi connectivity index (χ2v) is 3.36. The van der Waals surface area contributed by atoms with Crippen LogP contribution in [-0.2, 0) is 6.54 Å². The smallest absolute Gasteiger partial charge is 0.335 e. The fourth-order valence-electron chi connectivity index (χ4n) is 1.69. The molecule has 1 aromatic heterocycles. The molecule has 8 nitrogen and oxygen atoms in total. The topological polar surface area (TPSA) is 127 Å². The van der Waals surface area contributed by atoms with Crippen molar-refractivity contribution in [3.63, 3.8) is 0 Å². The first kappa shape index (κ1) is 13.0. The maximum absolute atomic E-state index is 11.0. The van der Waals surface area contributed by atoms with Crippen molar-refractivity contribution in [2.75, 3.05) is 11.9 Å². The SMILES string of the molecule is Cl.N=c1c(C(N)=O)cn2c(c1[N+](=O)[O-])NCC2. The Morgan fingerprint density at radius 1 is 1.65 bits per heavy atom. The summed E-state index contributed by atoms with van der Waals surface area (Å²) in [6.07, 6.45) is 1.37. The highest BCUT2D eigenvalue weighted by Crippen LogP contribution is 2.24. The van der Waals surface area contributed by atoms with Crippen molar-refractivity contribution in [1.29, 1.82) is 5.41 Å². The minimum atomic E-state index is -0.838. The third-order valence-electron chi connectivity index (χ3n) is 2.40. The van der Waals surface area contributed by atoms with Gasteiger partial charge in [-0.1, -0.05) is 0 Å². The molecule has 0 bridgehead atoms. The van der Waals surface area contributed by atoms with Gasteiger partial charge in [-0.25, -0.2) is 0 Å². The standard InChI is InChI=1S/C8H9N5O3.ClH/c9-5-4(7(10)14)3-12-2-1-11-8(12)6(5)13(15)16;/h3,9,11H,1-2H2,(H2,10,14);1H. The molecule has 1 aromatic rings. The molecule has 0 saturated carbocycles. The number of halogens is 1. The second-order valence-electron chi connectivity index (χ2n) is 3.36. The van der Waals surface area contributed by atoms with Gasteiger partial charge in [-0.3, -0.25) is 20.3 Å². The monoisotopic (exact) mass is 259 g/mol. The number of aromatic nitrogens is 1. The van der Waals surface area contributed by atoms with E-state index in [1.165, 1.54) is 10.8 Å². The Balaban J connectivity index is 0.00000144. The van der Waals surface area contributed by atoms with Gasteiger partial charge in [0.05, 0.1) is 10.5 Å². The fraction of sp³-hybridized carbons (Fsp3) is 0.250. The molecule has 92 valence electrons. The predicted molar refractivity (Wildman–Crippen MR) is 61.2 cm³/mol. The molecule has 0 aliphatic carbocycles. The number of hydrogen-bond donors (Lipinski definition) is 3. The van der Waals surface area contributed by atoms with E-state index in [4.69, 9.17) is 11.1 Å². The summed E-state index contributed by atoms with van der Waals surface area (Å²) in [5.74, 6) is -0.588. The van der Waals surface area contributed by atoms with Crippen LogP contribution < -0.4 is 16.4 Å². The minimum absolute atomic E-state index is 0. The Morgan fingerprint density at radius 2 is 2.29 bits per heavy atom. The number of pyridine rings is 1. The van der Waals surface area contributed by atoms with E-state index in [2.05, 4.69) is 5.32 Å². The molecule has 4 N–H and O–H groups in total. The predicted octanol–water partition coefficient (Wildman–Crippen LogP) is -0.178. The average molecular weight is 260 g/mol. The molecular formula is C8H10ClN5O3. The molecule has 2 heterocycles. The van der Waals surface area contributed by atoms with Crippen LogP contribution in [-0.4, -0.2) is 21.9 Å². The zero-order valence-electron chi connectivity index (χ0n) is 8.60. The van der Waals surface area contributed by atoms with Crippen LogP contribution in [0.4, 0.5) is 11.5 Å². The third kappa shape index (κ3) is 1.94. The summed E-state index contributed by atoms with van der Waals surface area (Å²) in [6.45, 7) is 1.04. The van der Waals surface area contributed by atoms with Crippen molar-refractivity contribution >= 4 is 29.8 Å². The lowest BCUT2D eigenvalue weighted by atomic mass is 10.2. The number of nitrogens with zero attached hydrogens (tertiary/aromatic N) is 2.